The van der Waals surface area contributed by atoms with Crippen molar-refractivity contribution in [2.75, 3.05) is 5.73 Å². The lowest BCUT2D eigenvalue weighted by molar-refractivity contribution is -0.134. The molecule has 3 nitrogen and oxygen atoms in total. The molecule has 1 aromatic heterocycles. The molecule has 106 valence electrons. The molecule has 0 aliphatic heterocycles. The van der Waals surface area contributed by atoms with E-state index in [1.165, 1.54) is 11.5 Å². The summed E-state index contributed by atoms with van der Waals surface area (Å²) in [4.78, 5) is 0.892. The number of nitrogens with zero attached hydrogens (tertiary/aromatic N) is 1. The molecule has 0 unspecified atom stereocenters. The Hall–Kier alpha value is -1.40. The third-order valence-corrected chi connectivity index (χ3v) is 4.24. The van der Waals surface area contributed by atoms with Gasteiger partial charge in [-0.15, -0.1) is 0 Å². The van der Waals surface area contributed by atoms with Gasteiger partial charge in [0.15, 0.2) is 0 Å². The van der Waals surface area contributed by atoms with E-state index in [2.05, 4.69) is 4.37 Å². The van der Waals surface area contributed by atoms with Gasteiger partial charge in [-0.3, -0.25) is 0 Å². The molecule has 1 aliphatic rings. The van der Waals surface area contributed by atoms with E-state index < -0.39 is 12.0 Å². The van der Waals surface area contributed by atoms with Gasteiger partial charge >= 0.3 is 0 Å². The number of ether oxygens (including phenoxy) is 1. The number of halogens is 3. The first-order valence-corrected chi connectivity index (χ1v) is 7.14. The molecule has 0 bridgehead atoms. The Kier molecular flexibility index (Phi) is 3.30. The number of nitrogen functional groups attached to an aromatic ring is 1. The normalized spacial score (nSPS) is 17.8. The highest BCUT2D eigenvalue weighted by Crippen LogP contribution is 2.42. The molecule has 2 aromatic rings. The van der Waals surface area contributed by atoms with Crippen molar-refractivity contribution in [2.24, 2.45) is 0 Å². The van der Waals surface area contributed by atoms with Crippen molar-refractivity contribution in [1.29, 1.82) is 0 Å². The summed E-state index contributed by atoms with van der Waals surface area (Å²) in [6, 6.07) is 5.09. The molecule has 1 fully saturated rings. The topological polar surface area (TPSA) is 48.1 Å². The fourth-order valence-electron chi connectivity index (χ4n) is 2.09. The zero-order chi connectivity index (χ0) is 14.3. The standard InChI is InChI=1S/C13H11ClF2N2OS/c14-9-4-11(19-7-5-13(15,16)6-7)10(17)3-8(9)12-1-2-18-20-12/h1-4,7H,5-6,17H2. The van der Waals surface area contributed by atoms with Gasteiger partial charge in [-0.2, -0.15) is 0 Å². The van der Waals surface area contributed by atoms with E-state index in [1.807, 2.05) is 6.07 Å². The average molecular weight is 317 g/mol. The molecule has 1 aliphatic carbocycles. The van der Waals surface area contributed by atoms with Crippen LogP contribution < -0.4 is 10.5 Å². The van der Waals surface area contributed by atoms with Crippen molar-refractivity contribution >= 4 is 28.8 Å². The number of hydrogen-bond donors (Lipinski definition) is 1. The van der Waals surface area contributed by atoms with Crippen LogP contribution in [0.3, 0.4) is 0 Å². The smallest absolute Gasteiger partial charge is 0.255 e. The number of hydrogen-bond acceptors (Lipinski definition) is 4. The van der Waals surface area contributed by atoms with E-state index in [4.69, 9.17) is 22.1 Å². The molecule has 3 rings (SSSR count). The Balaban J connectivity index is 1.82. The molecular weight excluding hydrogens is 306 g/mol. The minimum Gasteiger partial charge on any atom is -0.488 e. The second-order valence-corrected chi connectivity index (χ2v) is 5.99. The molecule has 7 heteroatoms. The van der Waals surface area contributed by atoms with Gasteiger partial charge in [0.1, 0.15) is 11.9 Å². The second-order valence-electron chi connectivity index (χ2n) is 4.75. The van der Waals surface area contributed by atoms with E-state index in [0.717, 1.165) is 10.4 Å². The lowest BCUT2D eigenvalue weighted by Gasteiger charge is -2.35. The monoisotopic (exact) mass is 316 g/mol. The quantitative estimate of drug-likeness (QED) is 0.862. The summed E-state index contributed by atoms with van der Waals surface area (Å²) in [6.07, 6.45) is 0.618. The first-order valence-electron chi connectivity index (χ1n) is 5.99. The fraction of sp³-hybridized carbons (Fsp3) is 0.308. The number of anilines is 1. The van der Waals surface area contributed by atoms with E-state index in [0.29, 0.717) is 16.5 Å². The summed E-state index contributed by atoms with van der Waals surface area (Å²) in [6.45, 7) is 0. The van der Waals surface area contributed by atoms with Crippen LogP contribution in [0.1, 0.15) is 12.8 Å². The average Bonchev–Trinajstić information content (AvgIpc) is 2.84. The van der Waals surface area contributed by atoms with Gasteiger partial charge in [-0.25, -0.2) is 13.2 Å². The Bertz CT molecular complexity index is 626. The molecule has 0 amide bonds. The van der Waals surface area contributed by atoms with Gasteiger partial charge in [0.25, 0.3) is 5.92 Å². The number of rotatable bonds is 3. The summed E-state index contributed by atoms with van der Waals surface area (Å²) in [5, 5.41) is 0.463. The van der Waals surface area contributed by atoms with E-state index in [9.17, 15) is 8.78 Å². The maximum absolute atomic E-state index is 12.8. The maximum Gasteiger partial charge on any atom is 0.255 e. The Morgan fingerprint density at radius 1 is 1.40 bits per heavy atom. The number of aromatic nitrogens is 1. The van der Waals surface area contributed by atoms with Crippen molar-refractivity contribution in [3.05, 3.63) is 29.4 Å². The third-order valence-electron chi connectivity index (χ3n) is 3.15. The molecular formula is C13H11ClF2N2OS. The van der Waals surface area contributed by atoms with Crippen LogP contribution in [0.5, 0.6) is 5.75 Å². The van der Waals surface area contributed by atoms with Crippen LogP contribution >= 0.6 is 23.1 Å². The zero-order valence-electron chi connectivity index (χ0n) is 10.3. The van der Waals surface area contributed by atoms with E-state index >= 15 is 0 Å². The van der Waals surface area contributed by atoms with Crippen molar-refractivity contribution < 1.29 is 13.5 Å². The van der Waals surface area contributed by atoms with Crippen molar-refractivity contribution in [1.82, 2.24) is 4.37 Å². The largest absolute Gasteiger partial charge is 0.488 e. The van der Waals surface area contributed by atoms with Crippen LogP contribution in [0.4, 0.5) is 14.5 Å². The van der Waals surface area contributed by atoms with Gasteiger partial charge in [-0.1, -0.05) is 11.6 Å². The van der Waals surface area contributed by atoms with Crippen LogP contribution in [0.15, 0.2) is 24.4 Å². The van der Waals surface area contributed by atoms with Crippen LogP contribution in [0, 0.1) is 0 Å². The predicted octanol–water partition coefficient (Wildman–Crippen LogP) is 4.22. The van der Waals surface area contributed by atoms with Crippen LogP contribution in [0.25, 0.3) is 10.4 Å². The van der Waals surface area contributed by atoms with Gasteiger partial charge < -0.3 is 10.5 Å². The fourth-order valence-corrected chi connectivity index (χ4v) is 3.02. The van der Waals surface area contributed by atoms with Gasteiger partial charge in [-0.05, 0) is 23.7 Å². The lowest BCUT2D eigenvalue weighted by atomic mass is 9.91. The van der Waals surface area contributed by atoms with Gasteiger partial charge in [0, 0.05) is 30.7 Å². The molecule has 0 radical (unpaired) electrons. The molecule has 1 saturated carbocycles. The van der Waals surface area contributed by atoms with Crippen molar-refractivity contribution in [3.63, 3.8) is 0 Å². The zero-order valence-corrected chi connectivity index (χ0v) is 11.8. The minimum absolute atomic E-state index is 0.277. The minimum atomic E-state index is -2.62. The third kappa shape index (κ3) is 2.58. The molecule has 0 saturated heterocycles. The van der Waals surface area contributed by atoms with Crippen LogP contribution in [0.2, 0.25) is 5.02 Å². The van der Waals surface area contributed by atoms with Crippen molar-refractivity contribution in [3.8, 4) is 16.2 Å². The number of nitrogens with two attached hydrogens (primary N) is 1. The van der Waals surface area contributed by atoms with Crippen LogP contribution in [-0.4, -0.2) is 16.4 Å². The Morgan fingerprint density at radius 2 is 2.15 bits per heavy atom. The molecule has 1 aromatic carbocycles. The van der Waals surface area contributed by atoms with Crippen molar-refractivity contribution in [2.45, 2.75) is 24.9 Å². The molecule has 0 spiro atoms. The van der Waals surface area contributed by atoms with Crippen LogP contribution in [-0.2, 0) is 0 Å². The predicted molar refractivity (Wildman–Crippen MR) is 75.6 cm³/mol. The summed E-state index contributed by atoms with van der Waals surface area (Å²) in [5.74, 6) is -2.27. The summed E-state index contributed by atoms with van der Waals surface area (Å²) in [7, 11) is 0. The Morgan fingerprint density at radius 3 is 2.75 bits per heavy atom. The highest BCUT2D eigenvalue weighted by atomic mass is 35.5. The maximum atomic E-state index is 12.8. The summed E-state index contributed by atoms with van der Waals surface area (Å²) < 4.78 is 35.0. The van der Waals surface area contributed by atoms with Gasteiger partial charge in [0.05, 0.1) is 15.6 Å². The SMILES string of the molecule is Nc1cc(-c2ccns2)c(Cl)cc1OC1CC(F)(F)C1. The lowest BCUT2D eigenvalue weighted by Crippen LogP contribution is -2.43. The molecule has 20 heavy (non-hydrogen) atoms. The molecule has 0 atom stereocenters. The highest BCUT2D eigenvalue weighted by molar-refractivity contribution is 7.09. The molecule has 1 heterocycles. The first-order chi connectivity index (χ1) is 9.44. The van der Waals surface area contributed by atoms with E-state index in [1.54, 1.807) is 18.3 Å². The van der Waals surface area contributed by atoms with E-state index in [-0.39, 0.29) is 12.8 Å². The van der Waals surface area contributed by atoms with Gasteiger partial charge in [0.2, 0.25) is 0 Å². The summed E-state index contributed by atoms with van der Waals surface area (Å²) >= 11 is 7.49. The molecule has 2 N–H and O–H groups in total. The first kappa shape index (κ1) is 13.6. The summed E-state index contributed by atoms with van der Waals surface area (Å²) in [5.41, 5.74) is 7.05. The highest BCUT2D eigenvalue weighted by Gasteiger charge is 2.47. The Labute approximate surface area is 123 Å². The number of benzene rings is 1. The number of alkyl halides is 2. The second kappa shape index (κ2) is 4.86.